The second kappa shape index (κ2) is 15.4. The molecule has 0 spiro atoms. The molecular weight excluding hydrogens is 630 g/mol. The van der Waals surface area contributed by atoms with Gasteiger partial charge in [-0.25, -0.2) is 0 Å². The number of aliphatic carboxylic acids is 1. The van der Waals surface area contributed by atoms with Crippen LogP contribution in [0.25, 0.3) is 0 Å². The molecule has 270 valence electrons. The van der Waals surface area contributed by atoms with Gasteiger partial charge in [-0.3, -0.25) is 4.79 Å². The molecule has 4 fully saturated rings. The molecule has 3 aliphatic heterocycles. The zero-order valence-electron chi connectivity index (χ0n) is 27.5. The number of aliphatic imine (C=N–C) groups is 1. The number of nitrogens with zero attached hydrogens (tertiary/aromatic N) is 1. The second-order valence-corrected chi connectivity index (χ2v) is 14.7. The summed E-state index contributed by atoms with van der Waals surface area (Å²) in [5, 5.41) is 81.9. The number of amides is 1. The van der Waals surface area contributed by atoms with Gasteiger partial charge in [-0.2, -0.15) is 0 Å². The van der Waals surface area contributed by atoms with Crippen molar-refractivity contribution in [1.82, 2.24) is 0 Å². The molecule has 13 atom stereocenters. The third kappa shape index (κ3) is 7.60. The number of fused-ring (bicyclic) bond motifs is 1. The summed E-state index contributed by atoms with van der Waals surface area (Å²) < 4.78 is 16.3. The van der Waals surface area contributed by atoms with E-state index >= 15 is 0 Å². The van der Waals surface area contributed by atoms with Crippen LogP contribution in [-0.2, 0) is 19.1 Å². The summed E-state index contributed by atoms with van der Waals surface area (Å²) in [7, 11) is 0. The number of nitrogens with two attached hydrogens (primary N) is 2. The predicted molar refractivity (Wildman–Crippen MR) is 164 cm³/mol. The van der Waals surface area contributed by atoms with E-state index in [1.165, 1.54) is 5.32 Å². The van der Waals surface area contributed by atoms with E-state index in [2.05, 4.69) is 4.99 Å². The van der Waals surface area contributed by atoms with Crippen molar-refractivity contribution in [2.24, 2.45) is 40.3 Å². The van der Waals surface area contributed by atoms with Crippen molar-refractivity contribution >= 4 is 18.1 Å². The summed E-state index contributed by atoms with van der Waals surface area (Å²) >= 11 is 0. The quantitative estimate of drug-likeness (QED) is 0.0585. The van der Waals surface area contributed by atoms with Gasteiger partial charge in [-0.15, -0.1) is 4.99 Å². The van der Waals surface area contributed by atoms with Crippen molar-refractivity contribution < 1.29 is 64.9 Å². The average Bonchev–Trinajstić information content (AvgIpc) is 3.56. The van der Waals surface area contributed by atoms with Crippen LogP contribution in [0.5, 0.6) is 0 Å². The van der Waals surface area contributed by atoms with Crippen LogP contribution in [0.15, 0.2) is 16.6 Å². The van der Waals surface area contributed by atoms with Crippen LogP contribution in [0.3, 0.4) is 0 Å². The SMILES string of the molecule is CC(C)C(C[NH2+]C([O-])C1(O)C(OC2CCC3C(C2)[OH+]C(C(N)=O)C(C2CCC(O)CC2)C3O)OC(C(=O)[O-])C(O)C1O)CC1=C[CH+]N=C1. The Labute approximate surface area is 280 Å². The summed E-state index contributed by atoms with van der Waals surface area (Å²) in [6.07, 6.45) is -6.61. The molecule has 5 aliphatic rings. The highest BCUT2D eigenvalue weighted by Crippen LogP contribution is 2.45. The zero-order chi connectivity index (χ0) is 34.9. The summed E-state index contributed by atoms with van der Waals surface area (Å²) in [5.41, 5.74) is 3.98. The normalized spacial score (nSPS) is 42.8. The maximum atomic E-state index is 13.8. The van der Waals surface area contributed by atoms with Crippen LogP contribution >= 0.6 is 0 Å². The fourth-order valence-electron chi connectivity index (χ4n) is 8.43. The monoisotopic (exact) mass is 682 g/mol. The number of carboxylic acids is 1. The molecule has 15 nitrogen and oxygen atoms in total. The smallest absolute Gasteiger partial charge is 0.297 e. The summed E-state index contributed by atoms with van der Waals surface area (Å²) in [4.78, 5) is 28.5. The number of allylic oxidation sites excluding steroid dienone is 1. The minimum absolute atomic E-state index is 0.0218. The van der Waals surface area contributed by atoms with Crippen molar-refractivity contribution in [3.05, 3.63) is 18.2 Å². The molecular formula is C33H52N3O12+. The number of rotatable bonds is 12. The first kappa shape index (κ1) is 37.1. The van der Waals surface area contributed by atoms with Gasteiger partial charge in [0.05, 0.1) is 55.0 Å². The number of quaternary nitrogens is 1. The molecule has 10 N–H and O–H groups in total. The topological polar surface area (TPSA) is 268 Å². The Morgan fingerprint density at radius 2 is 1.88 bits per heavy atom. The first-order chi connectivity index (χ1) is 22.7. The minimum Gasteiger partial charge on any atom is -0.804 e. The number of aliphatic hydroxyl groups is 7. The molecule has 5 rings (SSSR count). The van der Waals surface area contributed by atoms with Crippen molar-refractivity contribution in [2.75, 3.05) is 6.54 Å². The third-order valence-electron chi connectivity index (χ3n) is 11.4. The maximum absolute atomic E-state index is 13.8. The fraction of sp³-hybridized carbons (Fsp3) is 0.818. The number of ether oxygens (including phenoxy) is 3. The van der Waals surface area contributed by atoms with E-state index in [-0.39, 0.29) is 36.6 Å². The lowest BCUT2D eigenvalue weighted by Gasteiger charge is -2.53. The molecule has 2 aliphatic carbocycles. The summed E-state index contributed by atoms with van der Waals surface area (Å²) in [6.45, 7) is 5.90. The molecule has 0 aromatic heterocycles. The molecule has 2 saturated heterocycles. The molecule has 3 heterocycles. The Kier molecular flexibility index (Phi) is 11.9. The van der Waals surface area contributed by atoms with Gasteiger partial charge < -0.3 is 65.8 Å². The Morgan fingerprint density at radius 1 is 1.17 bits per heavy atom. The van der Waals surface area contributed by atoms with Crippen LogP contribution in [0.2, 0.25) is 0 Å². The Morgan fingerprint density at radius 3 is 2.48 bits per heavy atom. The summed E-state index contributed by atoms with van der Waals surface area (Å²) in [5.74, 6) is -3.23. The molecule has 13 unspecified atom stereocenters. The van der Waals surface area contributed by atoms with Crippen LogP contribution < -0.4 is 21.3 Å². The lowest BCUT2D eigenvalue weighted by molar-refractivity contribution is -0.837. The number of carbonyl (C=O) groups excluding carboxylic acids is 2. The van der Waals surface area contributed by atoms with Crippen LogP contribution in [0.4, 0.5) is 0 Å². The molecule has 0 radical (unpaired) electrons. The van der Waals surface area contributed by atoms with Gasteiger partial charge in [0.1, 0.15) is 30.4 Å². The fourth-order valence-corrected chi connectivity index (χ4v) is 8.43. The molecule has 1 amide bonds. The van der Waals surface area contributed by atoms with Crippen molar-refractivity contribution in [2.45, 2.75) is 132 Å². The van der Waals surface area contributed by atoms with E-state index in [0.717, 1.165) is 5.57 Å². The van der Waals surface area contributed by atoms with Gasteiger partial charge in [-0.1, -0.05) is 13.8 Å². The zero-order valence-corrected chi connectivity index (χ0v) is 27.5. The van der Waals surface area contributed by atoms with E-state index in [9.17, 15) is 45.3 Å². The number of carbonyl (C=O) groups is 2. The highest BCUT2D eigenvalue weighted by Gasteiger charge is 2.61. The Hall–Kier alpha value is -2.18. The third-order valence-corrected chi connectivity index (χ3v) is 11.4. The molecule has 15 heteroatoms. The molecule has 0 aromatic rings. The van der Waals surface area contributed by atoms with E-state index < -0.39 is 84.7 Å². The standard InChI is InChI=1S/C33H51N3O12/c1-15(2)18(11-16-9-10-35-13-16)14-36-31(44)33(45)28(40)25(39)27(30(42)43)48-32(33)46-20-7-8-21-22(12-20)47-26(29(34)41)23(24(21)38)17-3-5-19(37)6-4-17/h9-10,13,15,17-28,31-32,36-40,45H,3-8,11-12,14H2,1-2H3,(H2,34,41)(H,42,43)/p+1. The van der Waals surface area contributed by atoms with Gasteiger partial charge in [0.2, 0.25) is 6.10 Å². The largest absolute Gasteiger partial charge is 0.804 e. The van der Waals surface area contributed by atoms with Crippen LogP contribution in [0, 0.1) is 36.1 Å². The van der Waals surface area contributed by atoms with E-state index in [1.54, 1.807) is 12.8 Å². The summed E-state index contributed by atoms with van der Waals surface area (Å²) in [6, 6.07) is 0. The molecule has 48 heavy (non-hydrogen) atoms. The minimum atomic E-state index is -2.78. The average molecular weight is 683 g/mol. The number of primary amides is 1. The van der Waals surface area contributed by atoms with Crippen molar-refractivity contribution in [3.63, 3.8) is 0 Å². The number of hydrogen-bond donors (Lipinski definition) is 7. The van der Waals surface area contributed by atoms with E-state index in [1.807, 2.05) is 19.9 Å². The highest BCUT2D eigenvalue weighted by molar-refractivity contribution is 5.82. The highest BCUT2D eigenvalue weighted by atomic mass is 16.7. The first-order valence-corrected chi connectivity index (χ1v) is 17.2. The molecule has 2 saturated carbocycles. The van der Waals surface area contributed by atoms with Crippen LogP contribution in [-0.4, -0.2) is 122 Å². The van der Waals surface area contributed by atoms with Gasteiger partial charge in [0.25, 0.3) is 5.91 Å². The van der Waals surface area contributed by atoms with Crippen molar-refractivity contribution in [3.8, 4) is 0 Å². The Balaban J connectivity index is 1.30. The number of carboxylic acid groups (broad SMARTS) is 1. The van der Waals surface area contributed by atoms with Gasteiger partial charge in [0, 0.05) is 18.8 Å². The van der Waals surface area contributed by atoms with Gasteiger partial charge in [-0.05, 0) is 50.4 Å². The van der Waals surface area contributed by atoms with Gasteiger partial charge >= 0.3 is 0 Å². The van der Waals surface area contributed by atoms with E-state index in [4.69, 9.17) is 19.9 Å². The lowest BCUT2D eigenvalue weighted by atomic mass is 9.66. The molecule has 0 bridgehead atoms. The predicted octanol–water partition coefficient (Wildman–Crippen LogP) is -4.52. The maximum Gasteiger partial charge on any atom is 0.297 e. The molecule has 0 aromatic carbocycles. The Bertz CT molecular complexity index is 1190. The lowest BCUT2D eigenvalue weighted by Crippen LogP contribution is -3.02. The number of aliphatic hydroxyl groups excluding tert-OH is 4. The van der Waals surface area contributed by atoms with E-state index in [0.29, 0.717) is 44.9 Å². The second-order valence-electron chi connectivity index (χ2n) is 14.7. The number of hydrogen-bond acceptors (Lipinski definition) is 12. The van der Waals surface area contributed by atoms with Crippen LogP contribution in [0.1, 0.15) is 65.2 Å². The van der Waals surface area contributed by atoms with Crippen molar-refractivity contribution in [1.29, 1.82) is 0 Å². The first-order valence-electron chi connectivity index (χ1n) is 17.2. The van der Waals surface area contributed by atoms with Gasteiger partial charge in [0.15, 0.2) is 24.2 Å².